The number of likely N-dealkylation sites (N-methyl/N-ethyl adjacent to an activating group) is 1. The van der Waals surface area contributed by atoms with E-state index in [9.17, 15) is 14.4 Å². The van der Waals surface area contributed by atoms with Crippen molar-refractivity contribution in [3.63, 3.8) is 0 Å². The number of nitrogens with one attached hydrogen (secondary N) is 2. The smallest absolute Gasteiger partial charge is 0.272 e. The summed E-state index contributed by atoms with van der Waals surface area (Å²) < 4.78 is 1.53. The van der Waals surface area contributed by atoms with E-state index in [0.717, 1.165) is 51.4 Å². The maximum Gasteiger partial charge on any atom is 0.272 e. The molecule has 0 radical (unpaired) electrons. The minimum atomic E-state index is -1.03. The zero-order chi connectivity index (χ0) is 21.3. The molecule has 164 valence electrons. The molecule has 0 spiro atoms. The van der Waals surface area contributed by atoms with E-state index in [1.807, 2.05) is 0 Å². The van der Waals surface area contributed by atoms with Crippen LogP contribution in [0.2, 0.25) is 0 Å². The van der Waals surface area contributed by atoms with Gasteiger partial charge in [-0.05, 0) is 32.6 Å². The maximum atomic E-state index is 13.1. The Morgan fingerprint density at radius 2 is 1.57 bits per heavy atom. The Bertz CT molecular complexity index is 821. The Morgan fingerprint density at radius 3 is 2.20 bits per heavy atom. The highest BCUT2D eigenvalue weighted by Crippen LogP contribution is 2.27. The summed E-state index contributed by atoms with van der Waals surface area (Å²) in [6.45, 7) is 2.00. The Kier molecular flexibility index (Phi) is 5.84. The zero-order valence-electron chi connectivity index (χ0n) is 18.1. The van der Waals surface area contributed by atoms with E-state index < -0.39 is 5.54 Å². The van der Waals surface area contributed by atoms with Crippen molar-refractivity contribution in [3.05, 3.63) is 17.5 Å². The molecule has 2 heterocycles. The van der Waals surface area contributed by atoms with E-state index in [0.29, 0.717) is 5.69 Å². The summed E-state index contributed by atoms with van der Waals surface area (Å²) in [6.07, 6.45) is 10.9. The molecule has 2 aliphatic carbocycles. The first-order valence-corrected chi connectivity index (χ1v) is 11.4. The lowest BCUT2D eigenvalue weighted by atomic mass is 9.95. The molecule has 2 N–H and O–H groups in total. The van der Waals surface area contributed by atoms with Crippen LogP contribution < -0.4 is 10.6 Å². The third-order valence-corrected chi connectivity index (χ3v) is 7.10. The van der Waals surface area contributed by atoms with E-state index in [1.54, 1.807) is 20.0 Å². The number of carbonyl (C=O) groups excluding carboxylic acids is 3. The first-order chi connectivity index (χ1) is 14.4. The predicted octanol–water partition coefficient (Wildman–Crippen LogP) is 2.24. The molecule has 1 atom stereocenters. The van der Waals surface area contributed by atoms with Gasteiger partial charge in [0.2, 0.25) is 5.91 Å². The van der Waals surface area contributed by atoms with Crippen LogP contribution in [0.3, 0.4) is 0 Å². The number of carbonyl (C=O) groups is 3. The summed E-state index contributed by atoms with van der Waals surface area (Å²) in [7, 11) is 1.65. The number of aromatic nitrogens is 2. The largest absolute Gasteiger partial charge is 0.351 e. The van der Waals surface area contributed by atoms with Crippen molar-refractivity contribution in [2.75, 3.05) is 7.05 Å². The topological polar surface area (TPSA) is 96.3 Å². The quantitative estimate of drug-likeness (QED) is 0.737. The molecule has 8 heteroatoms. The molecule has 0 aromatic carbocycles. The third kappa shape index (κ3) is 3.96. The van der Waals surface area contributed by atoms with Gasteiger partial charge in [0, 0.05) is 25.2 Å². The van der Waals surface area contributed by atoms with Crippen LogP contribution in [0.5, 0.6) is 0 Å². The summed E-state index contributed by atoms with van der Waals surface area (Å²) in [5, 5.41) is 10.6. The highest BCUT2D eigenvalue weighted by atomic mass is 16.2. The lowest BCUT2D eigenvalue weighted by molar-refractivity contribution is -0.133. The average molecular weight is 416 g/mol. The summed E-state index contributed by atoms with van der Waals surface area (Å²) in [4.78, 5) is 40.3. The summed E-state index contributed by atoms with van der Waals surface area (Å²) in [5.74, 6) is -0.682. The van der Waals surface area contributed by atoms with Gasteiger partial charge in [-0.2, -0.15) is 5.10 Å². The molecule has 2 saturated carbocycles. The lowest BCUT2D eigenvalue weighted by Crippen LogP contribution is -2.63. The number of hydrogen-bond acceptors (Lipinski definition) is 4. The van der Waals surface area contributed by atoms with Gasteiger partial charge in [0.1, 0.15) is 11.2 Å². The molecule has 1 aromatic heterocycles. The zero-order valence-corrected chi connectivity index (χ0v) is 18.1. The average Bonchev–Trinajstić information content (AvgIpc) is 3.31. The molecule has 0 saturated heterocycles. The van der Waals surface area contributed by atoms with Crippen LogP contribution in [0, 0.1) is 0 Å². The fourth-order valence-electron chi connectivity index (χ4n) is 4.93. The van der Waals surface area contributed by atoms with Gasteiger partial charge in [-0.25, -0.2) is 0 Å². The molecule has 0 bridgehead atoms. The summed E-state index contributed by atoms with van der Waals surface area (Å²) >= 11 is 0. The number of rotatable bonds is 4. The van der Waals surface area contributed by atoms with E-state index in [1.165, 1.54) is 22.4 Å². The molecule has 3 aliphatic rings. The standard InChI is InChI=1S/C22H33N5O3/c1-22(21(30)24-16-11-7-8-12-16)14-27-18(20(29)26(22)2)13-17(25-27)19(28)23-15-9-5-3-4-6-10-15/h13,15-16H,3-12,14H2,1-2H3,(H,23,28)(H,24,30)/t22-/m0/s1. The van der Waals surface area contributed by atoms with Crippen LogP contribution >= 0.6 is 0 Å². The van der Waals surface area contributed by atoms with Gasteiger partial charge in [0.05, 0.1) is 6.54 Å². The third-order valence-electron chi connectivity index (χ3n) is 7.10. The fraction of sp³-hybridized carbons (Fsp3) is 0.727. The highest BCUT2D eigenvalue weighted by Gasteiger charge is 2.47. The minimum absolute atomic E-state index is 0.157. The number of hydrogen-bond donors (Lipinski definition) is 2. The van der Waals surface area contributed by atoms with Crippen LogP contribution in [0.1, 0.15) is 92.1 Å². The Labute approximate surface area is 177 Å². The van der Waals surface area contributed by atoms with Crippen molar-refractivity contribution in [1.82, 2.24) is 25.3 Å². The second-order valence-electron chi connectivity index (χ2n) is 9.33. The highest BCUT2D eigenvalue weighted by molar-refractivity contribution is 6.01. The van der Waals surface area contributed by atoms with Crippen LogP contribution in [-0.4, -0.2) is 57.1 Å². The summed E-state index contributed by atoms with van der Waals surface area (Å²) in [6, 6.07) is 1.90. The molecule has 2 fully saturated rings. The van der Waals surface area contributed by atoms with Crippen LogP contribution in [0.4, 0.5) is 0 Å². The van der Waals surface area contributed by atoms with Crippen molar-refractivity contribution in [1.29, 1.82) is 0 Å². The molecule has 30 heavy (non-hydrogen) atoms. The van der Waals surface area contributed by atoms with E-state index in [4.69, 9.17) is 0 Å². The van der Waals surface area contributed by atoms with Gasteiger partial charge in [-0.3, -0.25) is 19.1 Å². The van der Waals surface area contributed by atoms with Crippen molar-refractivity contribution in [2.24, 2.45) is 0 Å². The Morgan fingerprint density at radius 1 is 1.00 bits per heavy atom. The van der Waals surface area contributed by atoms with Gasteiger partial charge < -0.3 is 15.5 Å². The Hall–Kier alpha value is -2.38. The predicted molar refractivity (Wildman–Crippen MR) is 112 cm³/mol. The monoisotopic (exact) mass is 415 g/mol. The first kappa shape index (κ1) is 20.9. The SMILES string of the molecule is CN1C(=O)c2cc(C(=O)NC3CCCCCC3)nn2C[C@@]1(C)C(=O)NC1CCCC1. The van der Waals surface area contributed by atoms with Crippen LogP contribution in [0.25, 0.3) is 0 Å². The second kappa shape index (κ2) is 8.40. The van der Waals surface area contributed by atoms with Crippen molar-refractivity contribution < 1.29 is 14.4 Å². The first-order valence-electron chi connectivity index (χ1n) is 11.4. The molecule has 3 amide bonds. The second-order valence-corrected chi connectivity index (χ2v) is 9.33. The van der Waals surface area contributed by atoms with Crippen LogP contribution in [-0.2, 0) is 11.3 Å². The number of fused-ring (bicyclic) bond motifs is 1. The van der Waals surface area contributed by atoms with Gasteiger partial charge in [0.25, 0.3) is 11.8 Å². The molecular weight excluding hydrogens is 382 g/mol. The molecule has 8 nitrogen and oxygen atoms in total. The van der Waals surface area contributed by atoms with Gasteiger partial charge in [-0.15, -0.1) is 0 Å². The van der Waals surface area contributed by atoms with Crippen molar-refractivity contribution in [3.8, 4) is 0 Å². The lowest BCUT2D eigenvalue weighted by Gasteiger charge is -2.41. The molecule has 4 rings (SSSR count). The maximum absolute atomic E-state index is 13.1. The molecule has 0 unspecified atom stereocenters. The Balaban J connectivity index is 1.49. The minimum Gasteiger partial charge on any atom is -0.351 e. The van der Waals surface area contributed by atoms with Gasteiger partial charge >= 0.3 is 0 Å². The van der Waals surface area contributed by atoms with Crippen molar-refractivity contribution >= 4 is 17.7 Å². The number of amides is 3. The van der Waals surface area contributed by atoms with Gasteiger partial charge in [0.15, 0.2) is 5.69 Å². The molecule has 1 aromatic rings. The fourth-order valence-corrected chi connectivity index (χ4v) is 4.93. The van der Waals surface area contributed by atoms with E-state index in [2.05, 4.69) is 15.7 Å². The van der Waals surface area contributed by atoms with E-state index in [-0.39, 0.29) is 42.0 Å². The van der Waals surface area contributed by atoms with Crippen molar-refractivity contribution in [2.45, 2.75) is 95.3 Å². The van der Waals surface area contributed by atoms with Crippen LogP contribution in [0.15, 0.2) is 6.07 Å². The van der Waals surface area contributed by atoms with E-state index >= 15 is 0 Å². The normalized spacial score (nSPS) is 25.7. The molecular formula is C22H33N5O3. The van der Waals surface area contributed by atoms with Gasteiger partial charge in [-0.1, -0.05) is 38.5 Å². The molecule has 1 aliphatic heterocycles. The number of nitrogens with zero attached hydrogens (tertiary/aromatic N) is 3. The summed E-state index contributed by atoms with van der Waals surface area (Å²) in [5.41, 5.74) is -0.431.